The fourth-order valence-electron chi connectivity index (χ4n) is 5.21. The lowest BCUT2D eigenvalue weighted by atomic mass is 9.84. The van der Waals surface area contributed by atoms with Crippen molar-refractivity contribution in [2.24, 2.45) is 0 Å². The summed E-state index contributed by atoms with van der Waals surface area (Å²) in [7, 11) is 1.61. The maximum atomic E-state index is 13.3. The molecule has 1 aliphatic rings. The summed E-state index contributed by atoms with van der Waals surface area (Å²) in [6.45, 7) is 0.368. The van der Waals surface area contributed by atoms with Gasteiger partial charge in [0.05, 0.1) is 20.1 Å². The molecule has 0 amide bonds. The molecule has 0 bridgehead atoms. The number of carbonyl (C=O) groups is 1. The van der Waals surface area contributed by atoms with Crippen LogP contribution in [0.2, 0.25) is 0 Å². The molecule has 1 atom stereocenters. The largest absolute Gasteiger partial charge is 0.507 e. The number of rotatable bonds is 7. The molecule has 42 heavy (non-hydrogen) atoms. The Morgan fingerprint density at radius 2 is 1.67 bits per heavy atom. The van der Waals surface area contributed by atoms with Gasteiger partial charge in [0, 0.05) is 41.2 Å². The zero-order valence-electron chi connectivity index (χ0n) is 22.5. The summed E-state index contributed by atoms with van der Waals surface area (Å²) >= 11 is 0. The third-order valence-electron chi connectivity index (χ3n) is 7.29. The minimum absolute atomic E-state index is 0.0469. The number of phenols is 3. The Bertz CT molecular complexity index is 1870. The SMILES string of the molecule is COc1ccc(CCOc2ccccc2[C@@H]2CC(=O)Oc3cc(O)c4c(=O)cc(-c5ccc(O)c(O)c5)oc4c32)cc1. The Morgan fingerprint density at radius 1 is 0.881 bits per heavy atom. The van der Waals surface area contributed by atoms with Gasteiger partial charge in [0.1, 0.15) is 39.7 Å². The van der Waals surface area contributed by atoms with Crippen molar-refractivity contribution < 1.29 is 38.7 Å². The number of benzene rings is 4. The molecule has 0 saturated heterocycles. The summed E-state index contributed by atoms with van der Waals surface area (Å²) < 4.78 is 23.1. The van der Waals surface area contributed by atoms with Crippen LogP contribution < -0.4 is 19.6 Å². The Balaban J connectivity index is 1.43. The summed E-state index contributed by atoms with van der Waals surface area (Å²) in [5.41, 5.74) is 2.01. The highest BCUT2D eigenvalue weighted by Gasteiger charge is 2.35. The number of hydrogen-bond donors (Lipinski definition) is 3. The van der Waals surface area contributed by atoms with E-state index in [9.17, 15) is 24.9 Å². The third-order valence-corrected chi connectivity index (χ3v) is 7.29. The smallest absolute Gasteiger partial charge is 0.312 e. The van der Waals surface area contributed by atoms with E-state index < -0.39 is 23.1 Å². The lowest BCUT2D eigenvalue weighted by molar-refractivity contribution is -0.135. The first kappa shape index (κ1) is 26.8. The zero-order chi connectivity index (χ0) is 29.4. The van der Waals surface area contributed by atoms with Crippen LogP contribution in [0.15, 0.2) is 88.1 Å². The van der Waals surface area contributed by atoms with E-state index in [0.717, 1.165) is 11.3 Å². The number of ether oxygens (including phenoxy) is 3. The van der Waals surface area contributed by atoms with Gasteiger partial charge in [-0.25, -0.2) is 0 Å². The summed E-state index contributed by atoms with van der Waals surface area (Å²) in [4.78, 5) is 26.0. The number of phenolic OH excluding ortho intramolecular Hbond substituents is 3. The molecule has 0 saturated carbocycles. The van der Waals surface area contributed by atoms with Crippen molar-refractivity contribution in [3.63, 3.8) is 0 Å². The van der Waals surface area contributed by atoms with E-state index in [1.807, 2.05) is 48.5 Å². The average molecular weight is 567 g/mol. The van der Waals surface area contributed by atoms with Gasteiger partial charge in [0.2, 0.25) is 0 Å². The van der Waals surface area contributed by atoms with Crippen molar-refractivity contribution in [3.05, 3.63) is 106 Å². The van der Waals surface area contributed by atoms with Crippen LogP contribution in [0, 0.1) is 0 Å². The van der Waals surface area contributed by atoms with Gasteiger partial charge in [-0.15, -0.1) is 0 Å². The van der Waals surface area contributed by atoms with Crippen LogP contribution in [-0.2, 0) is 11.2 Å². The van der Waals surface area contributed by atoms with Crippen LogP contribution in [0.3, 0.4) is 0 Å². The monoisotopic (exact) mass is 566 g/mol. The van der Waals surface area contributed by atoms with Crippen molar-refractivity contribution >= 4 is 16.9 Å². The van der Waals surface area contributed by atoms with Crippen molar-refractivity contribution in [1.82, 2.24) is 0 Å². The maximum absolute atomic E-state index is 13.3. The molecule has 1 aromatic heterocycles. The van der Waals surface area contributed by atoms with Gasteiger partial charge in [0.25, 0.3) is 0 Å². The number of esters is 1. The summed E-state index contributed by atoms with van der Waals surface area (Å²) in [6.07, 6.45) is 0.579. The number of carbonyl (C=O) groups excluding carboxylic acids is 1. The van der Waals surface area contributed by atoms with E-state index in [4.69, 9.17) is 18.6 Å². The van der Waals surface area contributed by atoms with Crippen molar-refractivity contribution in [2.75, 3.05) is 13.7 Å². The van der Waals surface area contributed by atoms with Crippen LogP contribution in [0.4, 0.5) is 0 Å². The highest BCUT2D eigenvalue weighted by molar-refractivity contribution is 5.93. The molecule has 212 valence electrons. The van der Waals surface area contributed by atoms with E-state index >= 15 is 0 Å². The van der Waals surface area contributed by atoms with Crippen molar-refractivity contribution in [2.45, 2.75) is 18.8 Å². The molecule has 9 heteroatoms. The van der Waals surface area contributed by atoms with Gasteiger partial charge in [0.15, 0.2) is 16.9 Å². The van der Waals surface area contributed by atoms with Gasteiger partial charge >= 0.3 is 5.97 Å². The number of hydrogen-bond acceptors (Lipinski definition) is 9. The quantitative estimate of drug-likeness (QED) is 0.130. The van der Waals surface area contributed by atoms with Crippen LogP contribution >= 0.6 is 0 Å². The summed E-state index contributed by atoms with van der Waals surface area (Å²) in [5.74, 6) is -0.751. The minimum Gasteiger partial charge on any atom is -0.507 e. The molecular weight excluding hydrogens is 540 g/mol. The molecule has 9 nitrogen and oxygen atoms in total. The van der Waals surface area contributed by atoms with E-state index in [-0.39, 0.29) is 40.4 Å². The number of para-hydroxylation sites is 1. The topological polar surface area (TPSA) is 136 Å². The van der Waals surface area contributed by atoms with Gasteiger partial charge in [-0.05, 0) is 42.0 Å². The molecule has 0 aliphatic carbocycles. The lowest BCUT2D eigenvalue weighted by Crippen LogP contribution is -2.22. The number of methoxy groups -OCH3 is 1. The fraction of sp³-hybridized carbons (Fsp3) is 0.152. The minimum atomic E-state index is -0.617. The lowest BCUT2D eigenvalue weighted by Gasteiger charge is -2.27. The predicted octanol–water partition coefficient (Wildman–Crippen LogP) is 5.65. The molecular formula is C33H26O9. The normalized spacial score (nSPS) is 14.3. The third kappa shape index (κ3) is 4.96. The van der Waals surface area contributed by atoms with E-state index in [0.29, 0.717) is 35.5 Å². The van der Waals surface area contributed by atoms with E-state index in [1.165, 1.54) is 30.3 Å². The Hall–Kier alpha value is -5.44. The second-order valence-corrected chi connectivity index (χ2v) is 9.91. The molecule has 3 N–H and O–H groups in total. The average Bonchev–Trinajstić information content (AvgIpc) is 2.98. The Labute approximate surface area is 239 Å². The molecule has 4 aromatic carbocycles. The molecule has 0 spiro atoms. The highest BCUT2D eigenvalue weighted by atomic mass is 16.5. The maximum Gasteiger partial charge on any atom is 0.312 e. The Morgan fingerprint density at radius 3 is 2.43 bits per heavy atom. The molecule has 1 aliphatic heterocycles. The van der Waals surface area contributed by atoms with Gasteiger partial charge in [-0.1, -0.05) is 30.3 Å². The van der Waals surface area contributed by atoms with Gasteiger partial charge in [-0.3, -0.25) is 9.59 Å². The van der Waals surface area contributed by atoms with Gasteiger partial charge < -0.3 is 33.9 Å². The fourth-order valence-corrected chi connectivity index (χ4v) is 5.21. The Kier molecular flexibility index (Phi) is 6.92. The molecule has 0 unspecified atom stereocenters. The van der Waals surface area contributed by atoms with E-state index in [2.05, 4.69) is 0 Å². The van der Waals surface area contributed by atoms with Crippen molar-refractivity contribution in [3.8, 4) is 45.8 Å². The predicted molar refractivity (Wildman–Crippen MR) is 154 cm³/mol. The molecule has 6 rings (SSSR count). The highest BCUT2D eigenvalue weighted by Crippen LogP contribution is 2.48. The first-order valence-electron chi connectivity index (χ1n) is 13.2. The zero-order valence-corrected chi connectivity index (χ0v) is 22.5. The summed E-state index contributed by atoms with van der Waals surface area (Å²) in [6, 6.07) is 21.5. The van der Waals surface area contributed by atoms with Gasteiger partial charge in [-0.2, -0.15) is 0 Å². The second-order valence-electron chi connectivity index (χ2n) is 9.91. The second kappa shape index (κ2) is 10.9. The molecule has 2 heterocycles. The molecule has 0 radical (unpaired) electrons. The molecule has 5 aromatic rings. The van der Waals surface area contributed by atoms with Crippen LogP contribution in [0.1, 0.15) is 29.0 Å². The van der Waals surface area contributed by atoms with Crippen molar-refractivity contribution in [1.29, 1.82) is 0 Å². The van der Waals surface area contributed by atoms with E-state index in [1.54, 1.807) is 7.11 Å². The number of aromatic hydroxyl groups is 3. The summed E-state index contributed by atoms with van der Waals surface area (Å²) in [5, 5.41) is 30.4. The van der Waals surface area contributed by atoms with Crippen LogP contribution in [0.5, 0.6) is 34.5 Å². The first-order valence-corrected chi connectivity index (χ1v) is 13.2. The standard InChI is InChI=1S/C33H26O9/c1-39-20-9-6-18(7-10-20)12-13-40-27-5-3-2-4-21(27)22-15-30(38)41-29-17-26(37)32-25(36)16-28(42-33(32)31(22)29)19-8-11-23(34)24(35)14-19/h2-11,14,16-17,22,34-35,37H,12-13,15H2,1H3/t22-/m0/s1. The first-order chi connectivity index (χ1) is 20.3. The van der Waals surface area contributed by atoms with Crippen LogP contribution in [-0.4, -0.2) is 35.0 Å². The number of fused-ring (bicyclic) bond motifs is 3. The van der Waals surface area contributed by atoms with Crippen LogP contribution in [0.25, 0.3) is 22.3 Å². The molecule has 0 fully saturated rings.